The van der Waals surface area contributed by atoms with Crippen LogP contribution >= 0.6 is 11.3 Å². The minimum Gasteiger partial charge on any atom is -0.490 e. The molecule has 0 saturated heterocycles. The van der Waals surface area contributed by atoms with Crippen molar-refractivity contribution in [2.75, 3.05) is 32.2 Å². The average Bonchev–Trinajstić information content (AvgIpc) is 3.16. The first-order valence-corrected chi connectivity index (χ1v) is 12.5. The van der Waals surface area contributed by atoms with Crippen molar-refractivity contribution in [1.82, 2.24) is 4.57 Å². The highest BCUT2D eigenvalue weighted by molar-refractivity contribution is 7.07. The van der Waals surface area contributed by atoms with Crippen LogP contribution in [0.2, 0.25) is 0 Å². The highest BCUT2D eigenvalue weighted by Gasteiger charge is 2.33. The lowest BCUT2D eigenvalue weighted by Crippen LogP contribution is -2.39. The molecular formula is C28H29N3O4S. The summed E-state index contributed by atoms with van der Waals surface area (Å²) in [5, 5.41) is 0. The maximum absolute atomic E-state index is 13.7. The summed E-state index contributed by atoms with van der Waals surface area (Å²) in [6.07, 6.45) is 3.50. The van der Waals surface area contributed by atoms with E-state index in [1.54, 1.807) is 24.5 Å². The largest absolute Gasteiger partial charge is 0.490 e. The van der Waals surface area contributed by atoms with Crippen LogP contribution in [0.15, 0.2) is 82.2 Å². The Morgan fingerprint density at radius 3 is 2.64 bits per heavy atom. The number of hydrogen-bond donors (Lipinski definition) is 0. The monoisotopic (exact) mass is 503 g/mol. The molecule has 2 heterocycles. The molecule has 0 saturated carbocycles. The molecule has 0 bridgehead atoms. The van der Waals surface area contributed by atoms with Crippen molar-refractivity contribution in [3.63, 3.8) is 0 Å². The molecule has 36 heavy (non-hydrogen) atoms. The van der Waals surface area contributed by atoms with Gasteiger partial charge in [-0.25, -0.2) is 9.79 Å². The Kier molecular flexibility index (Phi) is 7.55. The summed E-state index contributed by atoms with van der Waals surface area (Å²) in [5.74, 6) is 0.220. The summed E-state index contributed by atoms with van der Waals surface area (Å²) in [6.45, 7) is 7.84. The fraction of sp³-hybridized carbons (Fsp3) is 0.250. The Hall–Kier alpha value is -3.91. The van der Waals surface area contributed by atoms with Crippen molar-refractivity contribution < 1.29 is 14.3 Å². The second-order valence-electron chi connectivity index (χ2n) is 8.46. The SMILES string of the molecule is C=CCOc1cccc(/C=c2\sc3n(c2=O)[C@H](c2ccc(N(C)C)cc2)C(C(=O)OCC)=C(C)N=3)c1. The number of allylic oxidation sites excluding steroid dienone is 1. The van der Waals surface area contributed by atoms with Crippen LogP contribution in [0.5, 0.6) is 5.75 Å². The number of benzene rings is 2. The third-order valence-electron chi connectivity index (χ3n) is 5.77. The summed E-state index contributed by atoms with van der Waals surface area (Å²) >= 11 is 1.29. The molecule has 7 nitrogen and oxygen atoms in total. The van der Waals surface area contributed by atoms with E-state index in [1.165, 1.54) is 11.3 Å². The number of anilines is 1. The number of thiazole rings is 1. The lowest BCUT2D eigenvalue weighted by atomic mass is 9.95. The Bertz CT molecular complexity index is 1500. The van der Waals surface area contributed by atoms with E-state index >= 15 is 0 Å². The van der Waals surface area contributed by atoms with Gasteiger partial charge in [-0.1, -0.05) is 48.3 Å². The predicted molar refractivity (Wildman–Crippen MR) is 143 cm³/mol. The summed E-state index contributed by atoms with van der Waals surface area (Å²) in [6, 6.07) is 14.7. The van der Waals surface area contributed by atoms with Crippen LogP contribution in [0, 0.1) is 0 Å². The van der Waals surface area contributed by atoms with E-state index in [4.69, 9.17) is 9.47 Å². The fourth-order valence-corrected chi connectivity index (χ4v) is 5.11. The molecule has 1 aliphatic rings. The Labute approximate surface area is 213 Å². The third-order valence-corrected chi connectivity index (χ3v) is 6.75. The van der Waals surface area contributed by atoms with E-state index in [9.17, 15) is 9.59 Å². The lowest BCUT2D eigenvalue weighted by Gasteiger charge is -2.25. The van der Waals surface area contributed by atoms with Crippen molar-refractivity contribution in [3.8, 4) is 5.75 Å². The van der Waals surface area contributed by atoms with Crippen molar-refractivity contribution >= 4 is 29.1 Å². The van der Waals surface area contributed by atoms with Gasteiger partial charge in [0.25, 0.3) is 5.56 Å². The molecule has 186 valence electrons. The molecule has 3 aromatic rings. The molecule has 1 atom stereocenters. The zero-order valence-corrected chi connectivity index (χ0v) is 21.7. The van der Waals surface area contributed by atoms with Crippen LogP contribution in [-0.2, 0) is 9.53 Å². The molecule has 0 aliphatic carbocycles. The summed E-state index contributed by atoms with van der Waals surface area (Å²) in [4.78, 5) is 33.9. The molecule has 1 aliphatic heterocycles. The minimum atomic E-state index is -0.638. The first kappa shape index (κ1) is 25.2. The molecule has 0 N–H and O–H groups in total. The van der Waals surface area contributed by atoms with Gasteiger partial charge in [-0.2, -0.15) is 0 Å². The van der Waals surface area contributed by atoms with Gasteiger partial charge in [0.1, 0.15) is 12.4 Å². The highest BCUT2D eigenvalue weighted by atomic mass is 32.1. The number of rotatable bonds is 8. The normalized spacial score (nSPS) is 15.2. The van der Waals surface area contributed by atoms with Gasteiger partial charge in [-0.3, -0.25) is 9.36 Å². The predicted octanol–water partition coefficient (Wildman–Crippen LogP) is 3.43. The van der Waals surface area contributed by atoms with Crippen molar-refractivity contribution in [1.29, 1.82) is 0 Å². The lowest BCUT2D eigenvalue weighted by molar-refractivity contribution is -0.139. The fourth-order valence-electron chi connectivity index (χ4n) is 4.06. The van der Waals surface area contributed by atoms with Gasteiger partial charge in [0.2, 0.25) is 0 Å². The second-order valence-corrected chi connectivity index (χ2v) is 9.47. The maximum atomic E-state index is 13.7. The molecule has 8 heteroatoms. The number of carbonyl (C=O) groups excluding carboxylic acids is 1. The van der Waals surface area contributed by atoms with E-state index in [2.05, 4.69) is 11.6 Å². The van der Waals surface area contributed by atoms with Gasteiger partial charge in [0.15, 0.2) is 4.80 Å². The first-order valence-electron chi connectivity index (χ1n) is 11.6. The van der Waals surface area contributed by atoms with Crippen LogP contribution < -0.4 is 24.5 Å². The van der Waals surface area contributed by atoms with Crippen LogP contribution in [0.3, 0.4) is 0 Å². The van der Waals surface area contributed by atoms with E-state index in [1.807, 2.05) is 73.6 Å². The van der Waals surface area contributed by atoms with Gasteiger partial charge in [0.05, 0.1) is 28.5 Å². The van der Waals surface area contributed by atoms with E-state index in [0.29, 0.717) is 33.0 Å². The molecule has 0 spiro atoms. The van der Waals surface area contributed by atoms with Crippen LogP contribution in [-0.4, -0.2) is 37.8 Å². The molecule has 2 aromatic carbocycles. The van der Waals surface area contributed by atoms with E-state index in [-0.39, 0.29) is 12.2 Å². The second kappa shape index (κ2) is 10.8. The zero-order valence-electron chi connectivity index (χ0n) is 20.9. The van der Waals surface area contributed by atoms with E-state index < -0.39 is 12.0 Å². The summed E-state index contributed by atoms with van der Waals surface area (Å²) in [7, 11) is 3.92. The number of aromatic nitrogens is 1. The van der Waals surface area contributed by atoms with Gasteiger partial charge >= 0.3 is 5.97 Å². The maximum Gasteiger partial charge on any atom is 0.338 e. The molecule has 1 aromatic heterocycles. The molecule has 0 fully saturated rings. The average molecular weight is 504 g/mol. The Morgan fingerprint density at radius 2 is 1.97 bits per heavy atom. The van der Waals surface area contributed by atoms with Crippen molar-refractivity contribution in [3.05, 3.63) is 103 Å². The smallest absolute Gasteiger partial charge is 0.338 e. The topological polar surface area (TPSA) is 73.1 Å². The van der Waals surface area contributed by atoms with Gasteiger partial charge in [-0.15, -0.1) is 0 Å². The molecule has 0 amide bonds. The third kappa shape index (κ3) is 5.04. The molecular weight excluding hydrogens is 474 g/mol. The van der Waals surface area contributed by atoms with Gasteiger partial charge < -0.3 is 14.4 Å². The van der Waals surface area contributed by atoms with Crippen LogP contribution in [0.1, 0.15) is 31.0 Å². The number of esters is 1. The van der Waals surface area contributed by atoms with Gasteiger partial charge in [-0.05, 0) is 55.3 Å². The standard InChI is InChI=1S/C28H29N3O4S/c1-6-15-35-22-10-8-9-19(16-22)17-23-26(32)31-25(20-11-13-21(14-12-20)30(4)5)24(27(33)34-7-2)18(3)29-28(31)36-23/h6,8-14,16-17,25H,1,7,15H2,2-5H3/b23-17-/t25-/m1/s1. The van der Waals surface area contributed by atoms with Crippen molar-refractivity contribution in [2.45, 2.75) is 19.9 Å². The summed E-state index contributed by atoms with van der Waals surface area (Å²) < 4.78 is 13.1. The number of carbonyl (C=O) groups is 1. The molecule has 4 rings (SSSR count). The minimum absolute atomic E-state index is 0.216. The quantitative estimate of drug-likeness (QED) is 0.348. The number of nitrogens with zero attached hydrogens (tertiary/aromatic N) is 3. The van der Waals surface area contributed by atoms with Crippen molar-refractivity contribution in [2.24, 2.45) is 4.99 Å². The Balaban J connectivity index is 1.87. The van der Waals surface area contributed by atoms with Crippen LogP contribution in [0.25, 0.3) is 6.08 Å². The molecule has 0 unspecified atom stereocenters. The van der Waals surface area contributed by atoms with Crippen LogP contribution in [0.4, 0.5) is 5.69 Å². The van der Waals surface area contributed by atoms with E-state index in [0.717, 1.165) is 16.8 Å². The number of hydrogen-bond acceptors (Lipinski definition) is 7. The number of ether oxygens (including phenoxy) is 2. The summed E-state index contributed by atoms with van der Waals surface area (Å²) in [5.41, 5.74) is 3.35. The number of fused-ring (bicyclic) bond motifs is 1. The Morgan fingerprint density at radius 1 is 1.22 bits per heavy atom. The molecule has 0 radical (unpaired) electrons. The highest BCUT2D eigenvalue weighted by Crippen LogP contribution is 2.31. The zero-order chi connectivity index (χ0) is 25.8. The van der Waals surface area contributed by atoms with Gasteiger partial charge in [0, 0.05) is 19.8 Å². The first-order chi connectivity index (χ1) is 17.3.